The van der Waals surface area contributed by atoms with Gasteiger partial charge in [-0.2, -0.15) is 4.98 Å². The van der Waals surface area contributed by atoms with Crippen LogP contribution in [0.3, 0.4) is 0 Å². The van der Waals surface area contributed by atoms with Crippen molar-refractivity contribution in [3.8, 4) is 0 Å². The molecule has 0 bridgehead atoms. The summed E-state index contributed by atoms with van der Waals surface area (Å²) in [7, 11) is 0. The molecule has 0 saturated heterocycles. The third-order valence-electron chi connectivity index (χ3n) is 4.30. The number of aromatic nitrogens is 2. The Morgan fingerprint density at radius 2 is 2.00 bits per heavy atom. The lowest BCUT2D eigenvalue weighted by Crippen LogP contribution is -2.29. The second kappa shape index (κ2) is 6.43. The number of hydrogen-bond donors (Lipinski definition) is 0. The number of halogens is 1. The van der Waals surface area contributed by atoms with Gasteiger partial charge in [0.15, 0.2) is 5.82 Å². The van der Waals surface area contributed by atoms with Crippen LogP contribution in [-0.2, 0) is 19.4 Å². The molecule has 5 heteroatoms. The van der Waals surface area contributed by atoms with Crippen LogP contribution in [0.4, 0.5) is 10.1 Å². The summed E-state index contributed by atoms with van der Waals surface area (Å²) in [6.07, 6.45) is 2.57. The fraction of sp³-hybridized carbons (Fsp3) is 0.263. The zero-order valence-corrected chi connectivity index (χ0v) is 13.3. The molecule has 2 heterocycles. The van der Waals surface area contributed by atoms with Crippen LogP contribution < -0.4 is 4.90 Å². The van der Waals surface area contributed by atoms with Crippen molar-refractivity contribution in [2.24, 2.45) is 0 Å². The van der Waals surface area contributed by atoms with Crippen LogP contribution in [0.1, 0.15) is 29.3 Å². The van der Waals surface area contributed by atoms with Crippen LogP contribution in [0.25, 0.3) is 0 Å². The van der Waals surface area contributed by atoms with Crippen molar-refractivity contribution in [2.45, 2.75) is 25.8 Å². The van der Waals surface area contributed by atoms with Crippen LogP contribution in [0.15, 0.2) is 53.1 Å². The molecule has 0 aliphatic carbocycles. The smallest absolute Gasteiger partial charge is 0.246 e. The summed E-state index contributed by atoms with van der Waals surface area (Å²) in [5.74, 6) is 1.10. The largest absolute Gasteiger partial charge is 0.362 e. The van der Waals surface area contributed by atoms with Gasteiger partial charge in [-0.15, -0.1) is 0 Å². The molecule has 0 unspecified atom stereocenters. The van der Waals surface area contributed by atoms with Crippen molar-refractivity contribution >= 4 is 5.69 Å². The highest BCUT2D eigenvalue weighted by atomic mass is 19.1. The SMILES string of the molecule is Fc1ccc2c(c1)CCCN2Cc1nc(Cc2ccccc2)no1. The molecule has 122 valence electrons. The fourth-order valence-electron chi connectivity index (χ4n) is 3.18. The summed E-state index contributed by atoms with van der Waals surface area (Å²) in [5, 5.41) is 4.07. The first kappa shape index (κ1) is 14.9. The molecule has 0 spiro atoms. The Bertz CT molecular complexity index is 832. The van der Waals surface area contributed by atoms with E-state index in [1.807, 2.05) is 36.4 Å². The van der Waals surface area contributed by atoms with Crippen LogP contribution in [-0.4, -0.2) is 16.7 Å². The molecule has 24 heavy (non-hydrogen) atoms. The molecule has 1 aliphatic heterocycles. The molecule has 0 amide bonds. The molecule has 0 radical (unpaired) electrons. The van der Waals surface area contributed by atoms with Gasteiger partial charge in [0.1, 0.15) is 5.82 Å². The number of hydrogen-bond acceptors (Lipinski definition) is 4. The first-order valence-electron chi connectivity index (χ1n) is 8.17. The Morgan fingerprint density at radius 1 is 1.12 bits per heavy atom. The van der Waals surface area contributed by atoms with Gasteiger partial charge in [0.05, 0.1) is 6.54 Å². The maximum atomic E-state index is 13.4. The van der Waals surface area contributed by atoms with E-state index in [1.165, 1.54) is 6.07 Å². The normalized spacial score (nSPS) is 13.8. The molecule has 1 aromatic heterocycles. The number of anilines is 1. The second-order valence-electron chi connectivity index (χ2n) is 6.06. The van der Waals surface area contributed by atoms with Gasteiger partial charge in [-0.05, 0) is 42.2 Å². The van der Waals surface area contributed by atoms with Gasteiger partial charge in [0.25, 0.3) is 0 Å². The summed E-state index contributed by atoms with van der Waals surface area (Å²) in [6.45, 7) is 1.47. The van der Waals surface area contributed by atoms with Crippen LogP contribution in [0, 0.1) is 5.82 Å². The average molecular weight is 323 g/mol. The van der Waals surface area contributed by atoms with E-state index in [2.05, 4.69) is 15.0 Å². The highest BCUT2D eigenvalue weighted by molar-refractivity contribution is 5.55. The van der Waals surface area contributed by atoms with Gasteiger partial charge in [0, 0.05) is 18.7 Å². The second-order valence-corrected chi connectivity index (χ2v) is 6.06. The van der Waals surface area contributed by atoms with E-state index in [0.717, 1.165) is 36.2 Å². The summed E-state index contributed by atoms with van der Waals surface area (Å²) >= 11 is 0. The zero-order chi connectivity index (χ0) is 16.4. The predicted molar refractivity (Wildman–Crippen MR) is 89.3 cm³/mol. The Labute approximate surface area is 139 Å². The standard InChI is InChI=1S/C19H18FN3O/c20-16-8-9-17-15(12-16)7-4-10-23(17)13-19-21-18(22-24-19)11-14-5-2-1-3-6-14/h1-3,5-6,8-9,12H,4,7,10-11,13H2. The van der Waals surface area contributed by atoms with Crippen molar-refractivity contribution in [3.05, 3.63) is 77.2 Å². The van der Waals surface area contributed by atoms with Gasteiger partial charge in [-0.1, -0.05) is 35.5 Å². The minimum atomic E-state index is -0.182. The van der Waals surface area contributed by atoms with Crippen LogP contribution in [0.2, 0.25) is 0 Å². The van der Waals surface area contributed by atoms with Gasteiger partial charge >= 0.3 is 0 Å². The first-order valence-corrected chi connectivity index (χ1v) is 8.17. The molecule has 0 atom stereocenters. The molecule has 0 saturated carbocycles. The van der Waals surface area contributed by atoms with Gasteiger partial charge < -0.3 is 9.42 Å². The lowest BCUT2D eigenvalue weighted by molar-refractivity contribution is 0.370. The minimum absolute atomic E-state index is 0.182. The van der Waals surface area contributed by atoms with E-state index in [9.17, 15) is 4.39 Å². The Morgan fingerprint density at radius 3 is 2.88 bits per heavy atom. The van der Waals surface area contributed by atoms with Crippen molar-refractivity contribution in [2.75, 3.05) is 11.4 Å². The van der Waals surface area contributed by atoms with E-state index in [1.54, 1.807) is 6.07 Å². The fourth-order valence-corrected chi connectivity index (χ4v) is 3.18. The molecule has 0 N–H and O–H groups in total. The maximum absolute atomic E-state index is 13.4. The molecule has 4 rings (SSSR count). The average Bonchev–Trinajstić information content (AvgIpc) is 3.03. The summed E-state index contributed by atoms with van der Waals surface area (Å²) in [6, 6.07) is 15.0. The van der Waals surface area contributed by atoms with E-state index in [-0.39, 0.29) is 5.82 Å². The Hall–Kier alpha value is -2.69. The third kappa shape index (κ3) is 3.15. The van der Waals surface area contributed by atoms with Crippen molar-refractivity contribution in [1.82, 2.24) is 10.1 Å². The predicted octanol–water partition coefficient (Wildman–Crippen LogP) is 3.75. The number of benzene rings is 2. The van der Waals surface area contributed by atoms with Crippen molar-refractivity contribution in [1.29, 1.82) is 0 Å². The van der Waals surface area contributed by atoms with Gasteiger partial charge in [-0.25, -0.2) is 4.39 Å². The van der Waals surface area contributed by atoms with Gasteiger partial charge in [0.2, 0.25) is 5.89 Å². The van der Waals surface area contributed by atoms with Crippen molar-refractivity contribution in [3.63, 3.8) is 0 Å². The van der Waals surface area contributed by atoms with Crippen LogP contribution >= 0.6 is 0 Å². The number of aryl methyl sites for hydroxylation is 1. The van der Waals surface area contributed by atoms with Crippen molar-refractivity contribution < 1.29 is 8.91 Å². The molecule has 3 aromatic rings. The molecule has 4 nitrogen and oxygen atoms in total. The van der Waals surface area contributed by atoms with E-state index in [4.69, 9.17) is 4.52 Å². The van der Waals surface area contributed by atoms with Crippen LogP contribution in [0.5, 0.6) is 0 Å². The topological polar surface area (TPSA) is 42.2 Å². The Kier molecular flexibility index (Phi) is 3.99. The lowest BCUT2D eigenvalue weighted by Gasteiger charge is -2.30. The van der Waals surface area contributed by atoms with E-state index < -0.39 is 0 Å². The molecular formula is C19H18FN3O. The van der Waals surface area contributed by atoms with E-state index in [0.29, 0.717) is 24.7 Å². The summed E-state index contributed by atoms with van der Waals surface area (Å²) in [5.41, 5.74) is 3.26. The van der Waals surface area contributed by atoms with Gasteiger partial charge in [-0.3, -0.25) is 0 Å². The zero-order valence-electron chi connectivity index (χ0n) is 13.3. The van der Waals surface area contributed by atoms with E-state index >= 15 is 0 Å². The third-order valence-corrected chi connectivity index (χ3v) is 4.30. The number of nitrogens with zero attached hydrogens (tertiary/aromatic N) is 3. The molecule has 0 fully saturated rings. The summed E-state index contributed by atoms with van der Waals surface area (Å²) in [4.78, 5) is 6.68. The molecule has 1 aliphatic rings. The number of rotatable bonds is 4. The highest BCUT2D eigenvalue weighted by Gasteiger charge is 2.20. The lowest BCUT2D eigenvalue weighted by atomic mass is 10.0. The Balaban J connectivity index is 1.49. The maximum Gasteiger partial charge on any atom is 0.246 e. The summed E-state index contributed by atoms with van der Waals surface area (Å²) < 4.78 is 18.8. The number of fused-ring (bicyclic) bond motifs is 1. The quantitative estimate of drug-likeness (QED) is 0.733. The first-order chi connectivity index (χ1) is 11.8. The molecular weight excluding hydrogens is 305 g/mol. The monoisotopic (exact) mass is 323 g/mol. The minimum Gasteiger partial charge on any atom is -0.362 e. The highest BCUT2D eigenvalue weighted by Crippen LogP contribution is 2.28. The molecule has 2 aromatic carbocycles.